The zero-order valence-corrected chi connectivity index (χ0v) is 7.39. The van der Waals surface area contributed by atoms with Crippen LogP contribution in [0.1, 0.15) is 11.7 Å². The van der Waals surface area contributed by atoms with Crippen LogP contribution in [0.25, 0.3) is 10.4 Å². The standard InChI is InChI=1S/C7H7ClN4O/c8-7-3-1-2-5(10-7)6(4-13)11-12-9/h1-3,6,13H,4H2. The number of pyridine rings is 1. The van der Waals surface area contributed by atoms with E-state index < -0.39 is 6.04 Å². The van der Waals surface area contributed by atoms with E-state index in [4.69, 9.17) is 22.2 Å². The van der Waals surface area contributed by atoms with Gasteiger partial charge in [-0.15, -0.1) is 0 Å². The fraction of sp³-hybridized carbons (Fsp3) is 0.286. The minimum Gasteiger partial charge on any atom is -0.396 e. The molecule has 5 nitrogen and oxygen atoms in total. The van der Waals surface area contributed by atoms with Gasteiger partial charge in [0.2, 0.25) is 0 Å². The molecule has 1 rings (SSSR count). The number of halogens is 1. The molecular formula is C7H7ClN4O. The van der Waals surface area contributed by atoms with E-state index in [2.05, 4.69) is 15.0 Å². The summed E-state index contributed by atoms with van der Waals surface area (Å²) in [6.45, 7) is -0.280. The second kappa shape index (κ2) is 4.67. The topological polar surface area (TPSA) is 81.9 Å². The first kappa shape index (κ1) is 9.80. The van der Waals surface area contributed by atoms with Crippen LogP contribution in [0.4, 0.5) is 0 Å². The van der Waals surface area contributed by atoms with Crippen LogP contribution in [0.5, 0.6) is 0 Å². The number of aromatic nitrogens is 1. The van der Waals surface area contributed by atoms with Gasteiger partial charge in [0.05, 0.1) is 12.3 Å². The average Bonchev–Trinajstić information content (AvgIpc) is 2.14. The fourth-order valence-electron chi connectivity index (χ4n) is 0.861. The minimum absolute atomic E-state index is 0.280. The van der Waals surface area contributed by atoms with Gasteiger partial charge in [0.15, 0.2) is 0 Å². The number of azide groups is 1. The molecule has 1 atom stereocenters. The SMILES string of the molecule is [N-]=[N+]=NC(CO)c1cccc(Cl)n1. The molecule has 0 aliphatic carbocycles. The van der Waals surface area contributed by atoms with Crippen LogP contribution in [0.2, 0.25) is 5.15 Å². The molecule has 0 bridgehead atoms. The highest BCUT2D eigenvalue weighted by atomic mass is 35.5. The highest BCUT2D eigenvalue weighted by Crippen LogP contribution is 2.16. The second-order valence-corrected chi connectivity index (χ2v) is 2.68. The van der Waals surface area contributed by atoms with Crippen LogP contribution in [0.3, 0.4) is 0 Å². The first-order valence-electron chi connectivity index (χ1n) is 3.55. The van der Waals surface area contributed by atoms with E-state index in [0.717, 1.165) is 0 Å². The van der Waals surface area contributed by atoms with Gasteiger partial charge in [-0.3, -0.25) is 0 Å². The number of hydrogen-bond donors (Lipinski definition) is 1. The molecule has 0 amide bonds. The van der Waals surface area contributed by atoms with Gasteiger partial charge in [0, 0.05) is 4.91 Å². The highest BCUT2D eigenvalue weighted by molar-refractivity contribution is 6.29. The Balaban J connectivity index is 2.97. The maximum Gasteiger partial charge on any atom is 0.129 e. The molecule has 6 heteroatoms. The third-order valence-corrected chi connectivity index (χ3v) is 1.65. The van der Waals surface area contributed by atoms with Crippen molar-refractivity contribution in [2.75, 3.05) is 6.61 Å². The Morgan fingerprint density at radius 1 is 1.69 bits per heavy atom. The summed E-state index contributed by atoms with van der Waals surface area (Å²) in [6.07, 6.45) is 0. The van der Waals surface area contributed by atoms with Crippen LogP contribution < -0.4 is 0 Å². The molecule has 13 heavy (non-hydrogen) atoms. The molecule has 0 saturated carbocycles. The maximum atomic E-state index is 8.85. The summed E-state index contributed by atoms with van der Waals surface area (Å²) in [6, 6.07) is 4.26. The van der Waals surface area contributed by atoms with E-state index in [1.807, 2.05) is 0 Å². The van der Waals surface area contributed by atoms with E-state index in [9.17, 15) is 0 Å². The normalized spacial score (nSPS) is 11.8. The van der Waals surface area contributed by atoms with Gasteiger partial charge in [0.25, 0.3) is 0 Å². The molecule has 68 valence electrons. The largest absolute Gasteiger partial charge is 0.396 e. The van der Waals surface area contributed by atoms with Crippen LogP contribution in [0, 0.1) is 0 Å². The van der Waals surface area contributed by atoms with Gasteiger partial charge >= 0.3 is 0 Å². The lowest BCUT2D eigenvalue weighted by molar-refractivity contribution is 0.266. The summed E-state index contributed by atoms with van der Waals surface area (Å²) >= 11 is 5.62. The Bertz CT molecular complexity index is 337. The van der Waals surface area contributed by atoms with Crippen LogP contribution in [0.15, 0.2) is 23.3 Å². The molecule has 1 N–H and O–H groups in total. The van der Waals surface area contributed by atoms with E-state index >= 15 is 0 Å². The molecule has 0 aliphatic rings. The molecule has 1 aromatic rings. The van der Waals surface area contributed by atoms with E-state index in [1.165, 1.54) is 0 Å². The van der Waals surface area contributed by atoms with E-state index in [1.54, 1.807) is 18.2 Å². The lowest BCUT2D eigenvalue weighted by Gasteiger charge is -2.05. The summed E-state index contributed by atoms with van der Waals surface area (Å²) in [5.41, 5.74) is 8.65. The monoisotopic (exact) mass is 198 g/mol. The summed E-state index contributed by atoms with van der Waals surface area (Å²) in [5, 5.41) is 12.5. The van der Waals surface area contributed by atoms with E-state index in [-0.39, 0.29) is 6.61 Å². The van der Waals surface area contributed by atoms with Gasteiger partial charge < -0.3 is 5.11 Å². The Kier molecular flexibility index (Phi) is 3.52. The molecular weight excluding hydrogens is 192 g/mol. The molecule has 0 saturated heterocycles. The van der Waals surface area contributed by atoms with Gasteiger partial charge in [-0.2, -0.15) is 0 Å². The first-order valence-corrected chi connectivity index (χ1v) is 3.93. The van der Waals surface area contributed by atoms with Gasteiger partial charge in [-0.25, -0.2) is 4.98 Å². The van der Waals surface area contributed by atoms with Crippen LogP contribution in [-0.2, 0) is 0 Å². The molecule has 1 unspecified atom stereocenters. The molecule has 1 heterocycles. The van der Waals surface area contributed by atoms with Crippen molar-refractivity contribution >= 4 is 11.6 Å². The number of aliphatic hydroxyl groups is 1. The Morgan fingerprint density at radius 3 is 3.00 bits per heavy atom. The Morgan fingerprint density at radius 2 is 2.46 bits per heavy atom. The predicted octanol–water partition coefficient (Wildman–Crippen LogP) is 2.08. The fourth-order valence-corrected chi connectivity index (χ4v) is 1.03. The van der Waals surface area contributed by atoms with Crippen LogP contribution >= 0.6 is 11.6 Å². The Labute approximate surface area is 79.6 Å². The maximum absolute atomic E-state index is 8.85. The Hall–Kier alpha value is -1.29. The van der Waals surface area contributed by atoms with Crippen molar-refractivity contribution in [3.05, 3.63) is 39.5 Å². The molecule has 1 aromatic heterocycles. The van der Waals surface area contributed by atoms with Crippen molar-refractivity contribution in [1.29, 1.82) is 0 Å². The highest BCUT2D eigenvalue weighted by Gasteiger charge is 2.09. The smallest absolute Gasteiger partial charge is 0.129 e. The number of nitrogens with zero attached hydrogens (tertiary/aromatic N) is 4. The van der Waals surface area contributed by atoms with Crippen LogP contribution in [-0.4, -0.2) is 16.7 Å². The summed E-state index contributed by atoms with van der Waals surface area (Å²) in [7, 11) is 0. The van der Waals surface area contributed by atoms with Crippen molar-refractivity contribution in [2.45, 2.75) is 6.04 Å². The number of hydrogen-bond acceptors (Lipinski definition) is 3. The van der Waals surface area contributed by atoms with Gasteiger partial charge in [-0.05, 0) is 17.7 Å². The summed E-state index contributed by atoms with van der Waals surface area (Å²) in [4.78, 5) is 6.50. The lowest BCUT2D eigenvalue weighted by Crippen LogP contribution is -2.02. The van der Waals surface area contributed by atoms with Gasteiger partial charge in [0.1, 0.15) is 11.2 Å². The second-order valence-electron chi connectivity index (χ2n) is 2.29. The quantitative estimate of drug-likeness (QED) is 0.349. The zero-order valence-electron chi connectivity index (χ0n) is 6.63. The number of aliphatic hydroxyl groups excluding tert-OH is 1. The minimum atomic E-state index is -0.663. The van der Waals surface area contributed by atoms with Crippen molar-refractivity contribution in [3.8, 4) is 0 Å². The summed E-state index contributed by atoms with van der Waals surface area (Å²) < 4.78 is 0. The molecule has 0 aromatic carbocycles. The predicted molar refractivity (Wildman–Crippen MR) is 48.2 cm³/mol. The van der Waals surface area contributed by atoms with Crippen molar-refractivity contribution in [2.24, 2.45) is 5.11 Å². The molecule has 0 spiro atoms. The van der Waals surface area contributed by atoms with Crippen molar-refractivity contribution in [1.82, 2.24) is 4.98 Å². The van der Waals surface area contributed by atoms with Gasteiger partial charge in [-0.1, -0.05) is 22.8 Å². The average molecular weight is 199 g/mol. The number of rotatable bonds is 3. The third kappa shape index (κ3) is 2.59. The first-order chi connectivity index (χ1) is 6.27. The van der Waals surface area contributed by atoms with Crippen molar-refractivity contribution < 1.29 is 5.11 Å². The lowest BCUT2D eigenvalue weighted by atomic mass is 10.2. The molecule has 0 radical (unpaired) electrons. The summed E-state index contributed by atoms with van der Waals surface area (Å²) in [5.74, 6) is 0. The zero-order chi connectivity index (χ0) is 9.68. The molecule has 0 fully saturated rings. The molecule has 0 aliphatic heterocycles. The van der Waals surface area contributed by atoms with E-state index in [0.29, 0.717) is 10.8 Å². The van der Waals surface area contributed by atoms with Crippen molar-refractivity contribution in [3.63, 3.8) is 0 Å². The third-order valence-electron chi connectivity index (χ3n) is 1.44.